The molecule has 2 aromatic carbocycles. The highest BCUT2D eigenvalue weighted by atomic mass is 16.1. The van der Waals surface area contributed by atoms with Crippen molar-refractivity contribution in [2.24, 2.45) is 0 Å². The Labute approximate surface area is 298 Å². The summed E-state index contributed by atoms with van der Waals surface area (Å²) in [6, 6.07) is 17.0. The number of hydrogen-bond donors (Lipinski definition) is 0. The predicted octanol–water partition coefficient (Wildman–Crippen LogP) is 14.0. The first-order valence-electron chi connectivity index (χ1n) is 20.9. The lowest BCUT2D eigenvalue weighted by molar-refractivity contribution is 0.103. The largest absolute Gasteiger partial charge is 0.371 e. The van der Waals surface area contributed by atoms with Crippen molar-refractivity contribution in [1.82, 2.24) is 0 Å². The summed E-state index contributed by atoms with van der Waals surface area (Å²) in [5, 5.41) is 0. The molecule has 2 aromatic rings. The summed E-state index contributed by atoms with van der Waals surface area (Å²) in [6.07, 6.45) is 31.0. The van der Waals surface area contributed by atoms with Crippen LogP contribution in [-0.4, -0.2) is 32.0 Å². The quantitative estimate of drug-likeness (QED) is 0.0576. The molecule has 48 heavy (non-hydrogen) atoms. The molecule has 0 N–H and O–H groups in total. The van der Waals surface area contributed by atoms with Crippen LogP contribution >= 0.6 is 0 Å². The zero-order valence-corrected chi connectivity index (χ0v) is 32.2. The average molecular weight is 661 g/mol. The third-order valence-electron chi connectivity index (χ3n) is 10.1. The van der Waals surface area contributed by atoms with Gasteiger partial charge in [-0.15, -0.1) is 0 Å². The smallest absolute Gasteiger partial charge is 0.197 e. The van der Waals surface area contributed by atoms with Crippen LogP contribution in [0.1, 0.15) is 198 Å². The van der Waals surface area contributed by atoms with Crippen molar-refractivity contribution in [3.05, 3.63) is 59.7 Å². The summed E-state index contributed by atoms with van der Waals surface area (Å²) in [5.41, 5.74) is 4.03. The molecule has 0 heterocycles. The maximum atomic E-state index is 14.6. The van der Waals surface area contributed by atoms with Gasteiger partial charge in [-0.05, 0) is 49.9 Å². The van der Waals surface area contributed by atoms with E-state index >= 15 is 0 Å². The molecule has 3 nitrogen and oxygen atoms in total. The van der Waals surface area contributed by atoms with E-state index < -0.39 is 0 Å². The van der Waals surface area contributed by atoms with Crippen molar-refractivity contribution in [1.29, 1.82) is 0 Å². The molecule has 0 radical (unpaired) electrons. The second kappa shape index (κ2) is 28.5. The van der Waals surface area contributed by atoms with Gasteiger partial charge in [0.1, 0.15) is 0 Å². The van der Waals surface area contributed by atoms with E-state index in [9.17, 15) is 4.79 Å². The summed E-state index contributed by atoms with van der Waals surface area (Å²) in [4.78, 5) is 19.7. The lowest BCUT2D eigenvalue weighted by atomic mass is 9.98. The third kappa shape index (κ3) is 17.4. The Morgan fingerprint density at radius 2 is 0.625 bits per heavy atom. The van der Waals surface area contributed by atoms with E-state index in [2.05, 4.69) is 86.0 Å². The van der Waals surface area contributed by atoms with Crippen molar-refractivity contribution >= 4 is 17.2 Å². The van der Waals surface area contributed by atoms with Crippen LogP contribution in [0.15, 0.2) is 48.5 Å². The number of rotatable bonds is 32. The number of nitrogens with zero attached hydrogens (tertiary/aromatic N) is 2. The van der Waals surface area contributed by atoms with Gasteiger partial charge in [0.05, 0.1) is 0 Å². The van der Waals surface area contributed by atoms with Gasteiger partial charge < -0.3 is 9.80 Å². The first-order chi connectivity index (χ1) is 23.7. The molecule has 2 rings (SSSR count). The van der Waals surface area contributed by atoms with Crippen molar-refractivity contribution in [3.8, 4) is 0 Å². The SMILES string of the molecule is CCCCCCCCN(CCCCCCCC)c1ccccc1C(=O)c1ccccc1N(CCCCCCCC)CCCCCCCC. The minimum Gasteiger partial charge on any atom is -0.371 e. The summed E-state index contributed by atoms with van der Waals surface area (Å²) in [6.45, 7) is 13.3. The molecule has 0 atom stereocenters. The van der Waals surface area contributed by atoms with Crippen molar-refractivity contribution < 1.29 is 4.79 Å². The number of anilines is 2. The van der Waals surface area contributed by atoms with Gasteiger partial charge in [0, 0.05) is 48.7 Å². The van der Waals surface area contributed by atoms with Gasteiger partial charge in [-0.25, -0.2) is 0 Å². The zero-order chi connectivity index (χ0) is 34.5. The summed E-state index contributed by atoms with van der Waals surface area (Å²) in [5.74, 6) is 0.188. The van der Waals surface area contributed by atoms with E-state index in [-0.39, 0.29) is 5.78 Å². The fourth-order valence-electron chi connectivity index (χ4n) is 7.07. The third-order valence-corrected chi connectivity index (χ3v) is 10.1. The minimum absolute atomic E-state index is 0.188. The second-order valence-corrected chi connectivity index (χ2v) is 14.4. The van der Waals surface area contributed by atoms with Crippen molar-refractivity contribution in [3.63, 3.8) is 0 Å². The van der Waals surface area contributed by atoms with Crippen LogP contribution in [0.2, 0.25) is 0 Å². The van der Waals surface area contributed by atoms with Gasteiger partial charge in [-0.3, -0.25) is 4.79 Å². The number of ketones is 1. The molecular formula is C45H76N2O. The summed E-state index contributed by atoms with van der Waals surface area (Å²) < 4.78 is 0. The van der Waals surface area contributed by atoms with Crippen LogP contribution in [0, 0.1) is 0 Å². The van der Waals surface area contributed by atoms with Gasteiger partial charge in [-0.1, -0.05) is 180 Å². The van der Waals surface area contributed by atoms with E-state index in [0.717, 1.165) is 48.7 Å². The highest BCUT2D eigenvalue weighted by Gasteiger charge is 2.22. The lowest BCUT2D eigenvalue weighted by Gasteiger charge is -2.29. The fourth-order valence-corrected chi connectivity index (χ4v) is 7.07. The first kappa shape index (κ1) is 41.9. The number of carbonyl (C=O) groups excluding carboxylic acids is 1. The average Bonchev–Trinajstić information content (AvgIpc) is 3.12. The Morgan fingerprint density at radius 1 is 0.375 bits per heavy atom. The topological polar surface area (TPSA) is 23.6 Å². The molecule has 0 saturated carbocycles. The molecular weight excluding hydrogens is 585 g/mol. The molecule has 0 bridgehead atoms. The number of para-hydroxylation sites is 2. The van der Waals surface area contributed by atoms with E-state index in [1.165, 1.54) is 154 Å². The number of benzene rings is 2. The molecule has 0 spiro atoms. The first-order valence-corrected chi connectivity index (χ1v) is 20.9. The van der Waals surface area contributed by atoms with Gasteiger partial charge in [0.25, 0.3) is 0 Å². The van der Waals surface area contributed by atoms with Crippen molar-refractivity contribution in [2.75, 3.05) is 36.0 Å². The Balaban J connectivity index is 2.27. The van der Waals surface area contributed by atoms with Gasteiger partial charge in [-0.2, -0.15) is 0 Å². The highest BCUT2D eigenvalue weighted by Crippen LogP contribution is 2.30. The van der Waals surface area contributed by atoms with E-state index in [1.807, 2.05) is 0 Å². The van der Waals surface area contributed by atoms with Crippen LogP contribution in [0.4, 0.5) is 11.4 Å². The molecule has 3 heteroatoms. The lowest BCUT2D eigenvalue weighted by Crippen LogP contribution is -2.29. The van der Waals surface area contributed by atoms with Gasteiger partial charge in [0.15, 0.2) is 5.78 Å². The Hall–Kier alpha value is -2.29. The van der Waals surface area contributed by atoms with Crippen LogP contribution in [0.25, 0.3) is 0 Å². The molecule has 0 aromatic heterocycles. The van der Waals surface area contributed by atoms with Gasteiger partial charge >= 0.3 is 0 Å². The molecule has 272 valence electrons. The molecule has 0 aliphatic rings. The van der Waals surface area contributed by atoms with Crippen LogP contribution in [-0.2, 0) is 0 Å². The zero-order valence-electron chi connectivity index (χ0n) is 32.2. The summed E-state index contributed by atoms with van der Waals surface area (Å²) in [7, 11) is 0. The van der Waals surface area contributed by atoms with Crippen molar-refractivity contribution in [2.45, 2.75) is 182 Å². The minimum atomic E-state index is 0.188. The molecule has 0 saturated heterocycles. The maximum Gasteiger partial charge on any atom is 0.197 e. The van der Waals surface area contributed by atoms with E-state index in [1.54, 1.807) is 0 Å². The Kier molecular flexibility index (Phi) is 24.9. The number of carbonyl (C=O) groups is 1. The fraction of sp³-hybridized carbons (Fsp3) is 0.711. The second-order valence-electron chi connectivity index (χ2n) is 14.4. The maximum absolute atomic E-state index is 14.6. The summed E-state index contributed by atoms with van der Waals surface area (Å²) >= 11 is 0. The normalized spacial score (nSPS) is 11.2. The van der Waals surface area contributed by atoms with Crippen LogP contribution in [0.3, 0.4) is 0 Å². The number of hydrogen-bond acceptors (Lipinski definition) is 3. The molecule has 0 fully saturated rings. The Bertz CT molecular complexity index is 935. The number of unbranched alkanes of at least 4 members (excludes halogenated alkanes) is 20. The predicted molar refractivity (Wildman–Crippen MR) is 214 cm³/mol. The molecule has 0 aliphatic carbocycles. The van der Waals surface area contributed by atoms with Gasteiger partial charge in [0.2, 0.25) is 0 Å². The van der Waals surface area contributed by atoms with Crippen LogP contribution < -0.4 is 9.80 Å². The monoisotopic (exact) mass is 661 g/mol. The molecule has 0 amide bonds. The standard InChI is InChI=1S/C45H76N2O/c1-5-9-13-17-21-29-37-46(38-30-22-18-14-10-6-2)43-35-27-25-33-41(43)45(48)42-34-26-28-36-44(42)47(39-31-23-19-15-11-7-3)40-32-24-20-16-12-8-4/h25-28,33-36H,5-24,29-32,37-40H2,1-4H3. The van der Waals surface area contributed by atoms with Crippen LogP contribution in [0.5, 0.6) is 0 Å². The highest BCUT2D eigenvalue weighted by molar-refractivity contribution is 6.15. The molecule has 0 aliphatic heterocycles. The molecule has 0 unspecified atom stereocenters. The van der Waals surface area contributed by atoms with E-state index in [4.69, 9.17) is 0 Å². The Morgan fingerprint density at radius 3 is 0.917 bits per heavy atom. The van der Waals surface area contributed by atoms with E-state index in [0.29, 0.717) is 0 Å².